The molecule has 8 heteroatoms. The zero-order valence-electron chi connectivity index (χ0n) is 16.9. The van der Waals surface area contributed by atoms with Crippen LogP contribution in [-0.4, -0.2) is 57.6 Å². The number of nitrogens with zero attached hydrogens (tertiary/aromatic N) is 4. The van der Waals surface area contributed by atoms with E-state index in [9.17, 15) is 9.59 Å². The predicted octanol–water partition coefficient (Wildman–Crippen LogP) is 2.03. The number of imidazole rings is 1. The van der Waals surface area contributed by atoms with Gasteiger partial charge < -0.3 is 14.6 Å². The van der Waals surface area contributed by atoms with E-state index in [0.29, 0.717) is 31.1 Å². The summed E-state index contributed by atoms with van der Waals surface area (Å²) in [6, 6.07) is 7.51. The second-order valence-corrected chi connectivity index (χ2v) is 7.38. The molecule has 29 heavy (non-hydrogen) atoms. The van der Waals surface area contributed by atoms with E-state index in [1.807, 2.05) is 28.8 Å². The van der Waals surface area contributed by atoms with Crippen molar-refractivity contribution < 1.29 is 9.53 Å². The van der Waals surface area contributed by atoms with Crippen molar-refractivity contribution in [3.63, 3.8) is 0 Å². The minimum absolute atomic E-state index is 0.0685. The van der Waals surface area contributed by atoms with Gasteiger partial charge >= 0.3 is 0 Å². The molecule has 1 aliphatic rings. The van der Waals surface area contributed by atoms with Crippen molar-refractivity contribution in [2.45, 2.75) is 32.9 Å². The third-order valence-corrected chi connectivity index (χ3v) is 5.51. The standard InChI is InChI=1S/C21H27N5O3/c1-3-4-9-22-19(27)16-14-25(15(2)24-10-12-29-13-11-24)21-23-17-7-5-6-8-18(17)26(21)20(16)28/h5-8,14-15H,3-4,9-13H2,1-2H3,(H,22,27). The van der Waals surface area contributed by atoms with Gasteiger partial charge in [-0.05, 0) is 25.5 Å². The van der Waals surface area contributed by atoms with Crippen LogP contribution in [0.2, 0.25) is 0 Å². The number of carbonyl (C=O) groups excluding carboxylic acids is 1. The van der Waals surface area contributed by atoms with E-state index >= 15 is 0 Å². The summed E-state index contributed by atoms with van der Waals surface area (Å²) >= 11 is 0. The van der Waals surface area contributed by atoms with Crippen LogP contribution in [0.4, 0.5) is 0 Å². The molecule has 2 aromatic heterocycles. The van der Waals surface area contributed by atoms with E-state index in [4.69, 9.17) is 9.72 Å². The number of fused-ring (bicyclic) bond motifs is 3. The Hall–Kier alpha value is -2.71. The van der Waals surface area contributed by atoms with Gasteiger partial charge in [0.2, 0.25) is 5.78 Å². The number of unbranched alkanes of at least 4 members (excludes halogenated alkanes) is 1. The van der Waals surface area contributed by atoms with E-state index in [1.165, 1.54) is 0 Å². The molecule has 4 rings (SSSR count). The number of morpholine rings is 1. The summed E-state index contributed by atoms with van der Waals surface area (Å²) in [5.41, 5.74) is 1.24. The number of para-hydroxylation sites is 2. The lowest BCUT2D eigenvalue weighted by atomic mass is 10.2. The molecule has 3 heterocycles. The molecular formula is C21H27N5O3. The molecule has 1 aromatic carbocycles. The Bertz CT molecular complexity index is 1080. The normalized spacial score (nSPS) is 16.3. The van der Waals surface area contributed by atoms with Crippen molar-refractivity contribution >= 4 is 22.7 Å². The lowest BCUT2D eigenvalue weighted by Crippen LogP contribution is -2.41. The van der Waals surface area contributed by atoms with Crippen molar-refractivity contribution in [3.05, 3.63) is 46.4 Å². The molecule has 0 bridgehead atoms. The monoisotopic (exact) mass is 397 g/mol. The maximum absolute atomic E-state index is 13.2. The quantitative estimate of drug-likeness (QED) is 0.644. The van der Waals surface area contributed by atoms with Crippen molar-refractivity contribution in [1.29, 1.82) is 0 Å². The summed E-state index contributed by atoms with van der Waals surface area (Å²) in [6.07, 6.45) is 3.44. The fourth-order valence-corrected chi connectivity index (χ4v) is 3.79. The van der Waals surface area contributed by atoms with Gasteiger partial charge in [-0.1, -0.05) is 25.5 Å². The Morgan fingerprint density at radius 1 is 1.28 bits per heavy atom. The van der Waals surface area contributed by atoms with Crippen molar-refractivity contribution in [2.75, 3.05) is 32.8 Å². The van der Waals surface area contributed by atoms with Crippen LogP contribution in [0.15, 0.2) is 35.3 Å². The Morgan fingerprint density at radius 2 is 2.03 bits per heavy atom. The number of hydrogen-bond acceptors (Lipinski definition) is 5. The van der Waals surface area contributed by atoms with Crippen molar-refractivity contribution in [3.8, 4) is 0 Å². The highest BCUT2D eigenvalue weighted by atomic mass is 16.5. The number of hydrogen-bond donors (Lipinski definition) is 1. The van der Waals surface area contributed by atoms with Gasteiger partial charge in [-0.15, -0.1) is 0 Å². The highest BCUT2D eigenvalue weighted by molar-refractivity contribution is 5.94. The number of rotatable bonds is 6. The molecule has 1 saturated heterocycles. The molecule has 154 valence electrons. The molecule has 1 unspecified atom stereocenters. The highest BCUT2D eigenvalue weighted by Crippen LogP contribution is 2.21. The van der Waals surface area contributed by atoms with Crippen LogP contribution >= 0.6 is 0 Å². The molecule has 3 aromatic rings. The molecule has 0 saturated carbocycles. The Balaban J connectivity index is 1.87. The van der Waals surface area contributed by atoms with Gasteiger partial charge in [-0.25, -0.2) is 9.38 Å². The van der Waals surface area contributed by atoms with Gasteiger partial charge in [0.15, 0.2) is 0 Å². The maximum Gasteiger partial charge on any atom is 0.272 e. The molecular weight excluding hydrogens is 370 g/mol. The first-order valence-corrected chi connectivity index (χ1v) is 10.2. The largest absolute Gasteiger partial charge is 0.379 e. The van der Waals surface area contributed by atoms with Gasteiger partial charge in [-0.2, -0.15) is 0 Å². The number of nitrogens with one attached hydrogen (secondary N) is 1. The molecule has 1 aliphatic heterocycles. The van der Waals surface area contributed by atoms with Crippen LogP contribution in [0.3, 0.4) is 0 Å². The first kappa shape index (κ1) is 19.6. The Kier molecular flexibility index (Phi) is 5.64. The van der Waals surface area contributed by atoms with Crippen molar-refractivity contribution in [2.24, 2.45) is 0 Å². The maximum atomic E-state index is 13.2. The summed E-state index contributed by atoms with van der Waals surface area (Å²) in [6.45, 7) is 7.59. The average molecular weight is 397 g/mol. The first-order valence-electron chi connectivity index (χ1n) is 10.2. The van der Waals surface area contributed by atoms with Crippen molar-refractivity contribution in [1.82, 2.24) is 24.2 Å². The zero-order chi connectivity index (χ0) is 20.4. The smallest absolute Gasteiger partial charge is 0.272 e. The summed E-state index contributed by atoms with van der Waals surface area (Å²) in [5, 5.41) is 2.87. The summed E-state index contributed by atoms with van der Waals surface area (Å²) in [4.78, 5) is 33.0. The van der Waals surface area contributed by atoms with Crippen LogP contribution in [0.5, 0.6) is 0 Å². The third-order valence-electron chi connectivity index (χ3n) is 5.51. The molecule has 0 radical (unpaired) electrons. The van der Waals surface area contributed by atoms with E-state index in [-0.39, 0.29) is 23.2 Å². The molecule has 8 nitrogen and oxygen atoms in total. The average Bonchev–Trinajstić information content (AvgIpc) is 3.14. The van der Waals surface area contributed by atoms with Gasteiger partial charge in [0.05, 0.1) is 30.4 Å². The number of carbonyl (C=O) groups is 1. The molecule has 1 N–H and O–H groups in total. The Morgan fingerprint density at radius 3 is 2.79 bits per heavy atom. The molecule has 0 spiro atoms. The van der Waals surface area contributed by atoms with Crippen LogP contribution < -0.4 is 10.9 Å². The van der Waals surface area contributed by atoms with Gasteiger partial charge in [0.25, 0.3) is 11.5 Å². The number of amides is 1. The van der Waals surface area contributed by atoms with Crippen LogP contribution in [-0.2, 0) is 4.74 Å². The lowest BCUT2D eigenvalue weighted by Gasteiger charge is -2.33. The molecule has 1 fully saturated rings. The topological polar surface area (TPSA) is 80.9 Å². The summed E-state index contributed by atoms with van der Waals surface area (Å²) < 4.78 is 8.96. The van der Waals surface area contributed by atoms with Gasteiger partial charge in [0.1, 0.15) is 5.56 Å². The Labute approximate surface area is 169 Å². The summed E-state index contributed by atoms with van der Waals surface area (Å²) in [5.74, 6) is 0.200. The highest BCUT2D eigenvalue weighted by Gasteiger charge is 2.24. The molecule has 1 atom stereocenters. The van der Waals surface area contributed by atoms with Gasteiger partial charge in [-0.3, -0.25) is 14.5 Å². The van der Waals surface area contributed by atoms with Crippen LogP contribution in [0.1, 0.15) is 43.2 Å². The second-order valence-electron chi connectivity index (χ2n) is 7.38. The fourth-order valence-electron chi connectivity index (χ4n) is 3.79. The van der Waals surface area contributed by atoms with E-state index in [0.717, 1.165) is 31.4 Å². The van der Waals surface area contributed by atoms with E-state index in [2.05, 4.69) is 24.1 Å². The number of aromatic nitrogens is 3. The fraction of sp³-hybridized carbons (Fsp3) is 0.476. The lowest BCUT2D eigenvalue weighted by molar-refractivity contribution is 0.00420. The van der Waals surface area contributed by atoms with Gasteiger partial charge in [0, 0.05) is 25.8 Å². The predicted molar refractivity (Wildman–Crippen MR) is 111 cm³/mol. The van der Waals surface area contributed by atoms with Crippen LogP contribution in [0, 0.1) is 0 Å². The summed E-state index contributed by atoms with van der Waals surface area (Å²) in [7, 11) is 0. The zero-order valence-corrected chi connectivity index (χ0v) is 16.9. The third kappa shape index (κ3) is 3.65. The molecule has 1 amide bonds. The minimum Gasteiger partial charge on any atom is -0.379 e. The second kappa shape index (κ2) is 8.34. The van der Waals surface area contributed by atoms with E-state index in [1.54, 1.807) is 10.6 Å². The number of ether oxygens (including phenoxy) is 1. The number of benzene rings is 1. The first-order chi connectivity index (χ1) is 14.1. The SMILES string of the molecule is CCCCNC(=O)c1cn(C(C)N2CCOCC2)c2nc3ccccc3n2c1=O. The van der Waals surface area contributed by atoms with Crippen LogP contribution in [0.25, 0.3) is 16.8 Å². The molecule has 0 aliphatic carbocycles. The minimum atomic E-state index is -0.342. The van der Waals surface area contributed by atoms with E-state index < -0.39 is 0 Å².